The molecular weight excluding hydrogens is 546 g/mol. The Kier molecular flexibility index (Phi) is 7.50. The highest BCUT2D eigenvalue weighted by Crippen LogP contribution is 2.31. The van der Waals surface area contributed by atoms with Gasteiger partial charge in [-0.3, -0.25) is 23.9 Å². The lowest BCUT2D eigenvalue weighted by Gasteiger charge is -2.15. The van der Waals surface area contributed by atoms with Crippen molar-refractivity contribution in [3.63, 3.8) is 0 Å². The lowest BCUT2D eigenvalue weighted by Crippen LogP contribution is -2.32. The number of nitrogens with one attached hydrogen (secondary N) is 2. The molecule has 208 valence electrons. The first-order chi connectivity index (χ1) is 19.7. The molecule has 0 saturated carbocycles. The van der Waals surface area contributed by atoms with Gasteiger partial charge in [0.25, 0.3) is 23.3 Å². The van der Waals surface area contributed by atoms with Gasteiger partial charge in [0.1, 0.15) is 22.2 Å². The number of rotatable bonds is 8. The minimum Gasteiger partial charge on any atom is -0.494 e. The number of hydrogen-bond donors (Lipinski definition) is 2. The smallest absolute Gasteiger partial charge is 0.295 e. The van der Waals surface area contributed by atoms with Gasteiger partial charge in [0.15, 0.2) is 0 Å². The lowest BCUT2D eigenvalue weighted by atomic mass is 10.2. The Morgan fingerprint density at radius 1 is 0.878 bits per heavy atom. The van der Waals surface area contributed by atoms with Gasteiger partial charge in [-0.15, -0.1) is 0 Å². The van der Waals surface area contributed by atoms with Crippen LogP contribution in [0.5, 0.6) is 5.75 Å². The SMILES string of the molecule is CCOc1ccc(N2C(=O)C(Cl)=C(Nc3ccc(C(=O)Nc4c(C)n(C)n(-c5ccccc5)c4=O)cc3)C2=O)cc1. The van der Waals surface area contributed by atoms with E-state index in [0.29, 0.717) is 35.1 Å². The number of hydrogen-bond acceptors (Lipinski definition) is 6. The number of para-hydroxylation sites is 1. The maximum Gasteiger partial charge on any atom is 0.295 e. The molecule has 2 N–H and O–H groups in total. The van der Waals surface area contributed by atoms with Crippen LogP contribution in [0.1, 0.15) is 23.0 Å². The normalized spacial score (nSPS) is 13.1. The van der Waals surface area contributed by atoms with Crippen molar-refractivity contribution in [1.29, 1.82) is 0 Å². The summed E-state index contributed by atoms with van der Waals surface area (Å²) in [5.41, 5.74) is 2.08. The number of anilines is 3. The highest BCUT2D eigenvalue weighted by atomic mass is 35.5. The van der Waals surface area contributed by atoms with Crippen LogP contribution in [0.4, 0.5) is 17.1 Å². The zero-order chi connectivity index (χ0) is 29.3. The Bertz CT molecular complexity index is 1740. The molecule has 0 spiro atoms. The molecule has 2 heterocycles. The van der Waals surface area contributed by atoms with Gasteiger partial charge in [0.05, 0.1) is 23.7 Å². The molecule has 0 unspecified atom stereocenters. The number of imide groups is 1. The monoisotopic (exact) mass is 571 g/mol. The van der Waals surface area contributed by atoms with Crippen molar-refractivity contribution >= 4 is 46.4 Å². The summed E-state index contributed by atoms with van der Waals surface area (Å²) in [5, 5.41) is 5.35. The minimum absolute atomic E-state index is 0.0795. The Hall–Kier alpha value is -5.09. The third-order valence-corrected chi connectivity index (χ3v) is 6.99. The second kappa shape index (κ2) is 11.2. The number of nitrogens with zero attached hydrogens (tertiary/aromatic N) is 3. The van der Waals surface area contributed by atoms with E-state index in [4.69, 9.17) is 16.3 Å². The molecule has 11 heteroatoms. The largest absolute Gasteiger partial charge is 0.494 e. The first kappa shape index (κ1) is 27.5. The van der Waals surface area contributed by atoms with Crippen molar-refractivity contribution in [2.45, 2.75) is 13.8 Å². The van der Waals surface area contributed by atoms with Crippen LogP contribution in [-0.4, -0.2) is 33.7 Å². The van der Waals surface area contributed by atoms with E-state index in [-0.39, 0.29) is 27.5 Å². The van der Waals surface area contributed by atoms with Gasteiger partial charge in [0, 0.05) is 18.3 Å². The zero-order valence-electron chi connectivity index (χ0n) is 22.5. The van der Waals surface area contributed by atoms with Crippen molar-refractivity contribution in [3.05, 3.63) is 111 Å². The summed E-state index contributed by atoms with van der Waals surface area (Å²) in [6.45, 7) is 4.09. The topological polar surface area (TPSA) is 115 Å². The summed E-state index contributed by atoms with van der Waals surface area (Å²) in [6, 6.07) is 21.9. The number of aromatic nitrogens is 2. The summed E-state index contributed by atoms with van der Waals surface area (Å²) < 4.78 is 8.56. The number of carbonyl (C=O) groups is 3. The molecule has 3 aromatic carbocycles. The molecule has 10 nitrogen and oxygen atoms in total. The zero-order valence-corrected chi connectivity index (χ0v) is 23.2. The van der Waals surface area contributed by atoms with Crippen molar-refractivity contribution in [2.75, 3.05) is 22.1 Å². The van der Waals surface area contributed by atoms with E-state index in [1.165, 1.54) is 16.8 Å². The maximum atomic E-state index is 13.1. The van der Waals surface area contributed by atoms with E-state index in [1.54, 1.807) is 67.2 Å². The fraction of sp³-hybridized carbons (Fsp3) is 0.133. The standard InChI is InChI=1S/C30H26ClN5O5/c1-4-41-23-16-14-21(15-17-23)35-28(38)24(31)26(29(35)39)32-20-12-10-19(11-13-20)27(37)33-25-18(2)34(3)36(30(25)40)22-8-6-5-7-9-22/h5-17,32H,4H2,1-3H3,(H,33,37). The van der Waals surface area contributed by atoms with Crippen LogP contribution < -0.4 is 25.8 Å². The molecule has 0 aliphatic carbocycles. The highest BCUT2D eigenvalue weighted by molar-refractivity contribution is 6.53. The molecule has 3 amide bonds. The first-order valence-electron chi connectivity index (χ1n) is 12.7. The molecule has 1 aromatic heterocycles. The molecule has 4 aromatic rings. The van der Waals surface area contributed by atoms with Crippen LogP contribution in [0.15, 0.2) is 94.4 Å². The molecular formula is C30H26ClN5O5. The van der Waals surface area contributed by atoms with Gasteiger partial charge < -0.3 is 15.4 Å². The molecule has 0 radical (unpaired) electrons. The summed E-state index contributed by atoms with van der Waals surface area (Å²) in [4.78, 5) is 53.0. The summed E-state index contributed by atoms with van der Waals surface area (Å²) in [7, 11) is 1.74. The number of benzene rings is 3. The molecule has 5 rings (SSSR count). The van der Waals surface area contributed by atoms with E-state index in [0.717, 1.165) is 4.90 Å². The van der Waals surface area contributed by atoms with Crippen molar-refractivity contribution in [2.24, 2.45) is 7.05 Å². The number of amides is 3. The van der Waals surface area contributed by atoms with Gasteiger partial charge >= 0.3 is 0 Å². The Labute approximate surface area is 240 Å². The van der Waals surface area contributed by atoms with Crippen molar-refractivity contribution in [3.8, 4) is 11.4 Å². The van der Waals surface area contributed by atoms with Crippen LogP contribution in [0.2, 0.25) is 0 Å². The summed E-state index contributed by atoms with van der Waals surface area (Å²) >= 11 is 6.24. The fourth-order valence-corrected chi connectivity index (χ4v) is 4.66. The average Bonchev–Trinajstić information content (AvgIpc) is 3.32. The highest BCUT2D eigenvalue weighted by Gasteiger charge is 2.39. The predicted molar refractivity (Wildman–Crippen MR) is 157 cm³/mol. The predicted octanol–water partition coefficient (Wildman–Crippen LogP) is 4.57. The van der Waals surface area contributed by atoms with Crippen LogP contribution >= 0.6 is 11.6 Å². The fourth-order valence-electron chi connectivity index (χ4n) is 4.45. The van der Waals surface area contributed by atoms with E-state index >= 15 is 0 Å². The van der Waals surface area contributed by atoms with E-state index in [2.05, 4.69) is 10.6 Å². The van der Waals surface area contributed by atoms with E-state index < -0.39 is 17.7 Å². The molecule has 0 saturated heterocycles. The van der Waals surface area contributed by atoms with E-state index in [1.807, 2.05) is 25.1 Å². The van der Waals surface area contributed by atoms with Gasteiger partial charge in [-0.2, -0.15) is 0 Å². The van der Waals surface area contributed by atoms with Crippen LogP contribution in [0, 0.1) is 6.92 Å². The molecule has 41 heavy (non-hydrogen) atoms. The van der Waals surface area contributed by atoms with Crippen LogP contribution in [-0.2, 0) is 16.6 Å². The van der Waals surface area contributed by atoms with Crippen molar-refractivity contribution in [1.82, 2.24) is 9.36 Å². The summed E-state index contributed by atoms with van der Waals surface area (Å²) in [5.74, 6) is -1.13. The van der Waals surface area contributed by atoms with Gasteiger partial charge in [-0.25, -0.2) is 9.58 Å². The van der Waals surface area contributed by atoms with Crippen molar-refractivity contribution < 1.29 is 19.1 Å². The summed E-state index contributed by atoms with van der Waals surface area (Å²) in [6.07, 6.45) is 0. The molecule has 0 atom stereocenters. The second-order valence-electron chi connectivity index (χ2n) is 9.15. The first-order valence-corrected chi connectivity index (χ1v) is 13.1. The molecule has 0 fully saturated rings. The van der Waals surface area contributed by atoms with Crippen LogP contribution in [0.3, 0.4) is 0 Å². The minimum atomic E-state index is -0.654. The molecule has 1 aliphatic heterocycles. The van der Waals surface area contributed by atoms with Gasteiger partial charge in [-0.05, 0) is 74.5 Å². The lowest BCUT2D eigenvalue weighted by molar-refractivity contribution is -0.120. The number of ether oxygens (including phenoxy) is 1. The van der Waals surface area contributed by atoms with Gasteiger partial charge in [-0.1, -0.05) is 29.8 Å². The van der Waals surface area contributed by atoms with Crippen LogP contribution in [0.25, 0.3) is 5.69 Å². The number of carbonyl (C=O) groups excluding carboxylic acids is 3. The molecule has 0 bridgehead atoms. The Morgan fingerprint density at radius 3 is 2.17 bits per heavy atom. The quantitative estimate of drug-likeness (QED) is 0.299. The number of halogens is 1. The third-order valence-electron chi connectivity index (χ3n) is 6.64. The third kappa shape index (κ3) is 5.12. The second-order valence-corrected chi connectivity index (χ2v) is 9.53. The Balaban J connectivity index is 1.30. The van der Waals surface area contributed by atoms with Gasteiger partial charge in [0.2, 0.25) is 0 Å². The Morgan fingerprint density at radius 2 is 1.54 bits per heavy atom. The van der Waals surface area contributed by atoms with E-state index in [9.17, 15) is 19.2 Å². The maximum absolute atomic E-state index is 13.1. The average molecular weight is 572 g/mol. The molecule has 1 aliphatic rings.